The van der Waals surface area contributed by atoms with Crippen LogP contribution in [0, 0.1) is 58.2 Å². The third kappa shape index (κ3) is 5.36. The fourth-order valence-corrected chi connectivity index (χ4v) is 2.75. The van der Waals surface area contributed by atoms with Gasteiger partial charge in [0.1, 0.15) is 11.1 Å². The minimum atomic E-state index is -2.55. The molecule has 0 atom stereocenters. The molecule has 0 saturated carbocycles. The lowest BCUT2D eigenvalue weighted by molar-refractivity contribution is 0.0215. The minimum absolute atomic E-state index is 0.444. The van der Waals surface area contributed by atoms with Gasteiger partial charge in [-0.25, -0.2) is 53.5 Å². The third-order valence-corrected chi connectivity index (χ3v) is 4.71. The summed E-state index contributed by atoms with van der Waals surface area (Å²) in [6.45, 7) is 0. The van der Waals surface area contributed by atoms with E-state index in [9.17, 15) is 63.1 Å². The Labute approximate surface area is 213 Å². The van der Waals surface area contributed by atoms with Crippen molar-refractivity contribution >= 4 is 23.8 Å². The molecule has 0 unspecified atom stereocenters. The third-order valence-electron chi connectivity index (χ3n) is 4.71. The van der Waals surface area contributed by atoms with Gasteiger partial charge in [0.2, 0.25) is 11.6 Å². The van der Waals surface area contributed by atoms with Crippen LogP contribution in [-0.4, -0.2) is 23.8 Å². The number of amides is 2. The second-order valence-electron chi connectivity index (χ2n) is 7.11. The Morgan fingerprint density at radius 2 is 0.650 bits per heavy atom. The second kappa shape index (κ2) is 11.3. The molecule has 0 aliphatic carbocycles. The van der Waals surface area contributed by atoms with Gasteiger partial charge in [-0.1, -0.05) is 0 Å². The lowest BCUT2D eigenvalue weighted by Crippen LogP contribution is -2.29. The molecule has 2 amide bonds. The van der Waals surface area contributed by atoms with Crippen LogP contribution in [0.1, 0.15) is 41.4 Å². The van der Waals surface area contributed by atoms with Crippen LogP contribution in [0.4, 0.5) is 43.9 Å². The van der Waals surface area contributed by atoms with E-state index in [4.69, 9.17) is 0 Å². The number of nitrogens with one attached hydrogen (secondary N) is 2. The van der Waals surface area contributed by atoms with Crippen LogP contribution < -0.4 is 11.0 Å². The van der Waals surface area contributed by atoms with Crippen molar-refractivity contribution in [2.75, 3.05) is 0 Å². The van der Waals surface area contributed by atoms with Crippen LogP contribution in [-0.2, 0) is 9.68 Å². The van der Waals surface area contributed by atoms with Gasteiger partial charge in [-0.3, -0.25) is 9.59 Å². The molecule has 8 nitrogen and oxygen atoms in total. The molecule has 0 spiro atoms. The van der Waals surface area contributed by atoms with Crippen molar-refractivity contribution < 1.29 is 72.8 Å². The Bertz CT molecular complexity index is 1410. The normalized spacial score (nSPS) is 10.7. The van der Waals surface area contributed by atoms with Crippen molar-refractivity contribution in [2.24, 2.45) is 0 Å². The quantitative estimate of drug-likeness (QED) is 0.207. The summed E-state index contributed by atoms with van der Waals surface area (Å²) in [6.07, 6.45) is 0. The lowest BCUT2D eigenvalue weighted by atomic mass is 10.1. The largest absolute Gasteiger partial charge is 0.369 e. The number of carbonyl (C=O) groups is 4. The Hall–Kier alpha value is -5.16. The first-order valence-corrected chi connectivity index (χ1v) is 9.84. The molecule has 3 aromatic rings. The fourth-order valence-electron chi connectivity index (χ4n) is 2.75. The first kappa shape index (κ1) is 29.4. The lowest BCUT2D eigenvalue weighted by Gasteiger charge is -2.10. The zero-order valence-electron chi connectivity index (χ0n) is 18.5. The molecule has 0 bridgehead atoms. The number of halogens is 10. The molecule has 0 aliphatic heterocycles. The Morgan fingerprint density at radius 1 is 0.425 bits per heavy atom. The Balaban J connectivity index is 1.64. The van der Waals surface area contributed by atoms with Crippen molar-refractivity contribution in [1.29, 1.82) is 0 Å². The van der Waals surface area contributed by atoms with E-state index in [0.717, 1.165) is 24.3 Å². The number of hydrogen-bond acceptors (Lipinski definition) is 6. The van der Waals surface area contributed by atoms with E-state index in [1.54, 1.807) is 0 Å². The molecule has 0 saturated heterocycles. The first-order valence-electron chi connectivity index (χ1n) is 9.84. The summed E-state index contributed by atoms with van der Waals surface area (Å²) in [5.74, 6) is -32.1. The number of benzene rings is 3. The molecule has 0 aliphatic rings. The number of rotatable bonds is 4. The van der Waals surface area contributed by atoms with E-state index in [1.165, 1.54) is 11.0 Å². The van der Waals surface area contributed by atoms with Crippen LogP contribution in [0.5, 0.6) is 0 Å². The van der Waals surface area contributed by atoms with Gasteiger partial charge in [0.25, 0.3) is 11.8 Å². The highest BCUT2D eigenvalue weighted by Crippen LogP contribution is 2.24. The fraction of sp³-hybridized carbons (Fsp3) is 0. The summed E-state index contributed by atoms with van der Waals surface area (Å²) in [4.78, 5) is 55.6. The monoisotopic (exact) mass is 584 g/mol. The van der Waals surface area contributed by atoms with Gasteiger partial charge in [0.05, 0.1) is 0 Å². The van der Waals surface area contributed by atoms with Crippen LogP contribution in [0.15, 0.2) is 24.3 Å². The molecule has 3 rings (SSSR count). The molecule has 40 heavy (non-hydrogen) atoms. The van der Waals surface area contributed by atoms with E-state index in [2.05, 4.69) is 9.68 Å². The van der Waals surface area contributed by atoms with Gasteiger partial charge in [-0.2, -0.15) is 11.0 Å². The topological polar surface area (TPSA) is 111 Å². The van der Waals surface area contributed by atoms with E-state index in [0.29, 0.717) is 0 Å². The summed E-state index contributed by atoms with van der Waals surface area (Å²) >= 11 is 0. The van der Waals surface area contributed by atoms with Crippen molar-refractivity contribution in [2.45, 2.75) is 0 Å². The molecule has 0 fully saturated rings. The van der Waals surface area contributed by atoms with Crippen LogP contribution in [0.3, 0.4) is 0 Å². The highest BCUT2D eigenvalue weighted by atomic mass is 19.2. The summed E-state index contributed by atoms with van der Waals surface area (Å²) in [5.41, 5.74) is -2.22. The highest BCUT2D eigenvalue weighted by Gasteiger charge is 2.32. The van der Waals surface area contributed by atoms with Gasteiger partial charge in [-0.05, 0) is 24.3 Å². The predicted octanol–water partition coefficient (Wildman–Crippen LogP) is 4.08. The van der Waals surface area contributed by atoms with Gasteiger partial charge >= 0.3 is 11.9 Å². The molecule has 0 radical (unpaired) electrons. The maximum atomic E-state index is 13.6. The summed E-state index contributed by atoms with van der Waals surface area (Å²) in [6, 6.07) is 3.29. The van der Waals surface area contributed by atoms with E-state index < -0.39 is 104 Å². The highest BCUT2D eigenvalue weighted by molar-refractivity contribution is 5.99. The van der Waals surface area contributed by atoms with Crippen LogP contribution in [0.25, 0.3) is 0 Å². The Morgan fingerprint density at radius 3 is 0.900 bits per heavy atom. The van der Waals surface area contributed by atoms with Gasteiger partial charge in [0, 0.05) is 11.1 Å². The van der Waals surface area contributed by atoms with E-state index in [1.807, 2.05) is 0 Å². The predicted molar refractivity (Wildman–Crippen MR) is 105 cm³/mol. The van der Waals surface area contributed by atoms with Crippen molar-refractivity contribution in [3.8, 4) is 0 Å². The molecule has 210 valence electrons. The first-order chi connectivity index (χ1) is 18.7. The molecule has 2 N–H and O–H groups in total. The zero-order valence-corrected chi connectivity index (χ0v) is 18.5. The summed E-state index contributed by atoms with van der Waals surface area (Å²) < 4.78 is 133. The van der Waals surface area contributed by atoms with Gasteiger partial charge < -0.3 is 9.68 Å². The average molecular weight is 584 g/mol. The summed E-state index contributed by atoms with van der Waals surface area (Å²) in [7, 11) is 0. The van der Waals surface area contributed by atoms with E-state index >= 15 is 0 Å². The number of carbonyl (C=O) groups excluding carboxylic acids is 4. The SMILES string of the molecule is O=C(NOC(=O)c1c(F)c(F)c(F)c(F)c1F)c1ccc(C(=O)NOC(=O)c2c(F)c(F)c(F)c(F)c2F)cc1. The standard InChI is InChI=1S/C22H6F10N2O6/c23-9-7(10(24)14(28)17(31)13(9)27)21(37)39-33-19(35)5-1-2-6(4-3-5)20(36)34-40-22(38)8-11(25)15(29)18(32)16(30)12(8)26/h1-4H,(H,33,35)(H,34,36). The minimum Gasteiger partial charge on any atom is -0.335 e. The van der Waals surface area contributed by atoms with Crippen LogP contribution >= 0.6 is 0 Å². The van der Waals surface area contributed by atoms with Gasteiger partial charge in [0.15, 0.2) is 46.5 Å². The molecule has 0 heterocycles. The molecular formula is C22H6F10N2O6. The molecule has 0 aromatic heterocycles. The van der Waals surface area contributed by atoms with Gasteiger partial charge in [-0.15, -0.1) is 0 Å². The number of hydrogen-bond donors (Lipinski definition) is 2. The zero-order chi connectivity index (χ0) is 30.0. The smallest absolute Gasteiger partial charge is 0.335 e. The Kier molecular flexibility index (Phi) is 8.30. The number of hydroxylamine groups is 2. The molecule has 3 aromatic carbocycles. The maximum absolute atomic E-state index is 13.6. The second-order valence-corrected chi connectivity index (χ2v) is 7.11. The van der Waals surface area contributed by atoms with Crippen molar-refractivity contribution in [3.63, 3.8) is 0 Å². The molecular weight excluding hydrogens is 578 g/mol. The molecule has 18 heteroatoms. The van der Waals surface area contributed by atoms with Crippen LogP contribution in [0.2, 0.25) is 0 Å². The van der Waals surface area contributed by atoms with E-state index in [-0.39, 0.29) is 0 Å². The van der Waals surface area contributed by atoms with Crippen molar-refractivity contribution in [1.82, 2.24) is 11.0 Å². The average Bonchev–Trinajstić information content (AvgIpc) is 2.94. The van der Waals surface area contributed by atoms with Crippen molar-refractivity contribution in [3.05, 3.63) is 105 Å². The maximum Gasteiger partial charge on any atom is 0.369 e. The summed E-state index contributed by atoms with van der Waals surface area (Å²) in [5, 5.41) is 0.